The van der Waals surface area contributed by atoms with Gasteiger partial charge in [0, 0.05) is 35.1 Å². The summed E-state index contributed by atoms with van der Waals surface area (Å²) < 4.78 is 1.76. The largest absolute Gasteiger partial charge is 0.481 e. The van der Waals surface area contributed by atoms with Gasteiger partial charge in [-0.15, -0.1) is 0 Å². The summed E-state index contributed by atoms with van der Waals surface area (Å²) in [6, 6.07) is 17.8. The number of nitrogens with zero attached hydrogens (tertiary/aromatic N) is 1. The number of carboxylic acid groups (broad SMARTS) is 1. The van der Waals surface area contributed by atoms with Crippen molar-refractivity contribution in [1.29, 1.82) is 0 Å². The van der Waals surface area contributed by atoms with E-state index in [9.17, 15) is 9.59 Å². The topological polar surface area (TPSA) is 78.4 Å². The van der Waals surface area contributed by atoms with Crippen molar-refractivity contribution < 1.29 is 19.2 Å². The Morgan fingerprint density at radius 3 is 2.29 bits per heavy atom. The zero-order chi connectivity index (χ0) is 22.7. The normalized spacial score (nSPS) is 13.8. The number of nitrogens with one attached hydrogen (secondary N) is 2. The highest BCUT2D eigenvalue weighted by molar-refractivity contribution is 9.10. The molecule has 6 nitrogen and oxygen atoms in total. The minimum absolute atomic E-state index is 0.176. The summed E-state index contributed by atoms with van der Waals surface area (Å²) in [5.74, 6) is -0.757. The number of anilines is 1. The van der Waals surface area contributed by atoms with Gasteiger partial charge in [-0.25, -0.2) is 4.79 Å². The highest BCUT2D eigenvalue weighted by atomic mass is 79.9. The molecule has 31 heavy (non-hydrogen) atoms. The van der Waals surface area contributed by atoms with Gasteiger partial charge in [0.2, 0.25) is 0 Å². The van der Waals surface area contributed by atoms with Crippen LogP contribution >= 0.6 is 15.9 Å². The molecule has 0 heterocycles. The first-order valence-corrected chi connectivity index (χ1v) is 11.6. The summed E-state index contributed by atoms with van der Waals surface area (Å²) in [6.45, 7) is 7.50. The zero-order valence-corrected chi connectivity index (χ0v) is 19.9. The van der Waals surface area contributed by atoms with Gasteiger partial charge in [-0.05, 0) is 38.1 Å². The number of quaternary nitrogens is 1. The van der Waals surface area contributed by atoms with Crippen LogP contribution in [0.1, 0.15) is 44.7 Å². The maximum Gasteiger partial charge on any atom is 0.319 e. The number of hydrogen-bond donors (Lipinski definition) is 3. The van der Waals surface area contributed by atoms with Gasteiger partial charge in [-0.3, -0.25) is 4.79 Å². The number of carboxylic acids is 1. The van der Waals surface area contributed by atoms with Crippen molar-refractivity contribution in [3.8, 4) is 0 Å². The molecule has 7 heteroatoms. The first-order valence-electron chi connectivity index (χ1n) is 10.8. The van der Waals surface area contributed by atoms with E-state index in [4.69, 9.17) is 5.11 Å². The van der Waals surface area contributed by atoms with Gasteiger partial charge < -0.3 is 20.2 Å². The molecule has 1 unspecified atom stereocenters. The number of carbonyl (C=O) groups excluding carboxylic acids is 1. The third kappa shape index (κ3) is 7.99. The van der Waals surface area contributed by atoms with E-state index in [0.717, 1.165) is 40.7 Å². The van der Waals surface area contributed by atoms with Crippen LogP contribution in [0, 0.1) is 0 Å². The van der Waals surface area contributed by atoms with Crippen molar-refractivity contribution >= 4 is 33.6 Å². The second kappa shape index (κ2) is 12.5. The molecule has 0 radical (unpaired) electrons. The molecule has 2 atom stereocenters. The van der Waals surface area contributed by atoms with E-state index < -0.39 is 5.97 Å². The number of amides is 2. The minimum Gasteiger partial charge on any atom is -0.481 e. The monoisotopic (exact) mass is 490 g/mol. The highest BCUT2D eigenvalue weighted by Gasteiger charge is 2.32. The van der Waals surface area contributed by atoms with Gasteiger partial charge in [0.15, 0.2) is 0 Å². The maximum atomic E-state index is 12.2. The predicted octanol–water partition coefficient (Wildman–Crippen LogP) is 5.42. The standard InChI is InChI=1S/C24H32BrN3O3/c1-3-28(17-7-11-23(29)30,19(2)20-9-5-4-6-10-20)18-8-16-26-24(31)27-22-14-12-21(25)13-15-22/h4-6,9-10,12-15,19H,3,7-8,11,16-18H2,1-2H3,(H2-,26,27,29,30,31)/p+1/t19-,28?/m1/s1. The van der Waals surface area contributed by atoms with Crippen molar-refractivity contribution in [2.45, 2.75) is 39.2 Å². The van der Waals surface area contributed by atoms with Crippen LogP contribution < -0.4 is 10.6 Å². The molecule has 0 saturated heterocycles. The van der Waals surface area contributed by atoms with Crippen LogP contribution in [0.2, 0.25) is 0 Å². The van der Waals surface area contributed by atoms with Crippen LogP contribution in [-0.2, 0) is 4.79 Å². The maximum absolute atomic E-state index is 12.2. The van der Waals surface area contributed by atoms with Crippen LogP contribution in [0.25, 0.3) is 0 Å². The average Bonchev–Trinajstić information content (AvgIpc) is 2.77. The zero-order valence-electron chi connectivity index (χ0n) is 18.3. The van der Waals surface area contributed by atoms with E-state index in [0.29, 0.717) is 13.0 Å². The fourth-order valence-corrected chi connectivity index (χ4v) is 4.25. The molecule has 0 aliphatic rings. The summed E-state index contributed by atoms with van der Waals surface area (Å²) in [5.41, 5.74) is 1.99. The Kier molecular flexibility index (Phi) is 10.0. The first kappa shape index (κ1) is 24.9. The van der Waals surface area contributed by atoms with E-state index in [1.54, 1.807) is 0 Å². The van der Waals surface area contributed by atoms with Crippen LogP contribution in [-0.4, -0.2) is 47.8 Å². The lowest BCUT2D eigenvalue weighted by molar-refractivity contribution is -0.954. The molecule has 2 rings (SSSR count). The van der Waals surface area contributed by atoms with Crippen molar-refractivity contribution in [2.75, 3.05) is 31.5 Å². The smallest absolute Gasteiger partial charge is 0.319 e. The second-order valence-electron chi connectivity index (χ2n) is 7.81. The van der Waals surface area contributed by atoms with Crippen molar-refractivity contribution in [3.05, 3.63) is 64.6 Å². The van der Waals surface area contributed by atoms with Gasteiger partial charge in [0.25, 0.3) is 0 Å². The third-order valence-corrected chi connectivity index (χ3v) is 6.42. The number of aliphatic carboxylic acids is 1. The summed E-state index contributed by atoms with van der Waals surface area (Å²) in [6.07, 6.45) is 1.62. The highest BCUT2D eigenvalue weighted by Crippen LogP contribution is 2.29. The minimum atomic E-state index is -0.757. The van der Waals surface area contributed by atoms with Gasteiger partial charge >= 0.3 is 12.0 Å². The molecule has 0 fully saturated rings. The number of urea groups is 1. The van der Waals surface area contributed by atoms with E-state index in [2.05, 4.69) is 52.5 Å². The molecule has 3 N–H and O–H groups in total. The summed E-state index contributed by atoms with van der Waals surface area (Å²) in [7, 11) is 0. The molecule has 2 amide bonds. The fraction of sp³-hybridized carbons (Fsp3) is 0.417. The van der Waals surface area contributed by atoms with Gasteiger partial charge in [0.1, 0.15) is 6.04 Å². The van der Waals surface area contributed by atoms with Crippen molar-refractivity contribution in [2.24, 2.45) is 0 Å². The number of carbonyl (C=O) groups is 2. The van der Waals surface area contributed by atoms with Gasteiger partial charge in [0.05, 0.1) is 26.1 Å². The van der Waals surface area contributed by atoms with Crippen LogP contribution in [0.3, 0.4) is 0 Å². The van der Waals surface area contributed by atoms with Crippen LogP contribution in [0.5, 0.6) is 0 Å². The molecule has 168 valence electrons. The molecular weight excluding hydrogens is 458 g/mol. The molecule has 2 aromatic carbocycles. The average molecular weight is 491 g/mol. The molecule has 0 bridgehead atoms. The molecule has 2 aromatic rings. The van der Waals surface area contributed by atoms with E-state index in [1.807, 2.05) is 42.5 Å². The predicted molar refractivity (Wildman–Crippen MR) is 128 cm³/mol. The Balaban J connectivity index is 1.95. The first-order chi connectivity index (χ1) is 14.9. The Morgan fingerprint density at radius 1 is 1.03 bits per heavy atom. The Labute approximate surface area is 193 Å². The van der Waals surface area contributed by atoms with E-state index >= 15 is 0 Å². The van der Waals surface area contributed by atoms with Crippen LogP contribution in [0.4, 0.5) is 10.5 Å². The lowest BCUT2D eigenvalue weighted by Crippen LogP contribution is -2.51. The molecule has 0 aromatic heterocycles. The fourth-order valence-electron chi connectivity index (χ4n) is 3.99. The number of benzene rings is 2. The second-order valence-corrected chi connectivity index (χ2v) is 8.72. The molecular formula is C24H33BrN3O3+. The number of halogens is 1. The SMILES string of the molecule is CC[N+](CCCNC(=O)Nc1ccc(Br)cc1)(CCCC(=O)O)[C@H](C)c1ccccc1. The van der Waals surface area contributed by atoms with Crippen LogP contribution in [0.15, 0.2) is 59.1 Å². The molecule has 0 spiro atoms. The van der Waals surface area contributed by atoms with Gasteiger partial charge in [-0.2, -0.15) is 0 Å². The molecule has 0 saturated carbocycles. The Hall–Kier alpha value is -2.38. The summed E-state index contributed by atoms with van der Waals surface area (Å²) in [4.78, 5) is 23.2. The number of rotatable bonds is 12. The Morgan fingerprint density at radius 2 is 1.68 bits per heavy atom. The molecule has 0 aliphatic carbocycles. The molecule has 0 aliphatic heterocycles. The lowest BCUT2D eigenvalue weighted by atomic mass is 10.0. The summed E-state index contributed by atoms with van der Waals surface area (Å²) >= 11 is 3.38. The van der Waals surface area contributed by atoms with Crippen molar-refractivity contribution in [3.63, 3.8) is 0 Å². The Bertz CT molecular complexity index is 830. The quantitative estimate of drug-likeness (QED) is 0.274. The lowest BCUT2D eigenvalue weighted by Gasteiger charge is -2.43. The van der Waals surface area contributed by atoms with Crippen molar-refractivity contribution in [1.82, 2.24) is 5.32 Å². The van der Waals surface area contributed by atoms with Gasteiger partial charge in [-0.1, -0.05) is 46.3 Å². The van der Waals surface area contributed by atoms with E-state index in [1.165, 1.54) is 5.56 Å². The van der Waals surface area contributed by atoms with E-state index in [-0.39, 0.29) is 18.5 Å². The third-order valence-electron chi connectivity index (χ3n) is 5.90. The summed E-state index contributed by atoms with van der Waals surface area (Å²) in [5, 5.41) is 14.9. The number of hydrogen-bond acceptors (Lipinski definition) is 2.